The Hall–Kier alpha value is -0.190. The second-order valence-electron chi connectivity index (χ2n) is 2.79. The highest BCUT2D eigenvalue weighted by Crippen LogP contribution is 2.17. The zero-order valence-corrected chi connectivity index (χ0v) is 8.79. The molecule has 0 fully saturated rings. The van der Waals surface area contributed by atoms with Gasteiger partial charge in [0.05, 0.1) is 6.61 Å². The molecule has 0 spiro atoms. The summed E-state index contributed by atoms with van der Waals surface area (Å²) in [5.74, 6) is 1.38. The van der Waals surface area contributed by atoms with Gasteiger partial charge in [0, 0.05) is 6.07 Å². The highest BCUT2D eigenvalue weighted by Gasteiger charge is 2.00. The van der Waals surface area contributed by atoms with Crippen LogP contribution in [0.4, 0.5) is 0 Å². The standard InChI is InChI=1S/C8H11IO2/c1-6(2)4-10-7-3-8(9)11-5-7/h3,5-6H,4H2,1-2H3. The summed E-state index contributed by atoms with van der Waals surface area (Å²) < 4.78 is 11.3. The molecule has 3 heteroatoms. The lowest BCUT2D eigenvalue weighted by atomic mass is 10.2. The molecule has 0 amide bonds. The fraction of sp³-hybridized carbons (Fsp3) is 0.500. The third kappa shape index (κ3) is 3.14. The van der Waals surface area contributed by atoms with Gasteiger partial charge >= 0.3 is 0 Å². The Bertz CT molecular complexity index is 218. The Morgan fingerprint density at radius 1 is 1.64 bits per heavy atom. The number of hydrogen-bond donors (Lipinski definition) is 0. The molecule has 0 radical (unpaired) electrons. The van der Waals surface area contributed by atoms with E-state index in [4.69, 9.17) is 9.15 Å². The minimum absolute atomic E-state index is 0.558. The topological polar surface area (TPSA) is 22.4 Å². The van der Waals surface area contributed by atoms with Crippen molar-refractivity contribution in [1.82, 2.24) is 0 Å². The van der Waals surface area contributed by atoms with Crippen LogP contribution in [0.25, 0.3) is 0 Å². The molecule has 0 aromatic carbocycles. The molecule has 1 aromatic rings. The maximum atomic E-state index is 5.39. The van der Waals surface area contributed by atoms with Crippen LogP contribution in [0.15, 0.2) is 16.7 Å². The number of ether oxygens (including phenoxy) is 1. The summed E-state index contributed by atoms with van der Waals surface area (Å²) in [6.07, 6.45) is 1.63. The molecular formula is C8H11IO2. The van der Waals surface area contributed by atoms with Crippen molar-refractivity contribution in [3.8, 4) is 5.75 Å². The Morgan fingerprint density at radius 2 is 2.36 bits per heavy atom. The second-order valence-corrected chi connectivity index (χ2v) is 3.85. The Kier molecular flexibility index (Phi) is 3.23. The number of hydrogen-bond acceptors (Lipinski definition) is 2. The van der Waals surface area contributed by atoms with Gasteiger partial charge in [-0.2, -0.15) is 0 Å². The van der Waals surface area contributed by atoms with Gasteiger partial charge in [-0.05, 0) is 28.5 Å². The lowest BCUT2D eigenvalue weighted by molar-refractivity contribution is 0.268. The highest BCUT2D eigenvalue weighted by molar-refractivity contribution is 14.1. The molecule has 0 aliphatic carbocycles. The van der Waals surface area contributed by atoms with Crippen LogP contribution in [0.2, 0.25) is 0 Å². The first-order valence-electron chi connectivity index (χ1n) is 3.55. The summed E-state index contributed by atoms with van der Waals surface area (Å²) in [7, 11) is 0. The second kappa shape index (κ2) is 3.99. The van der Waals surface area contributed by atoms with Crippen LogP contribution in [-0.4, -0.2) is 6.61 Å². The van der Waals surface area contributed by atoms with Crippen molar-refractivity contribution in [3.63, 3.8) is 0 Å². The fourth-order valence-corrected chi connectivity index (χ4v) is 1.07. The molecule has 11 heavy (non-hydrogen) atoms. The van der Waals surface area contributed by atoms with E-state index in [-0.39, 0.29) is 0 Å². The van der Waals surface area contributed by atoms with Gasteiger partial charge in [0.15, 0.2) is 9.52 Å². The fourth-order valence-electron chi connectivity index (χ4n) is 0.633. The molecule has 2 nitrogen and oxygen atoms in total. The maximum absolute atomic E-state index is 5.39. The van der Waals surface area contributed by atoms with Crippen molar-refractivity contribution < 1.29 is 9.15 Å². The third-order valence-corrected chi connectivity index (χ3v) is 1.69. The summed E-state index contributed by atoms with van der Waals surface area (Å²) in [4.78, 5) is 0. The first kappa shape index (κ1) is 8.90. The van der Waals surface area contributed by atoms with Crippen LogP contribution in [0.3, 0.4) is 0 Å². The SMILES string of the molecule is CC(C)COc1coc(I)c1. The number of rotatable bonds is 3. The molecule has 0 N–H and O–H groups in total. The quantitative estimate of drug-likeness (QED) is 0.785. The third-order valence-electron chi connectivity index (χ3n) is 1.13. The van der Waals surface area contributed by atoms with Crippen LogP contribution < -0.4 is 4.74 Å². The van der Waals surface area contributed by atoms with Crippen molar-refractivity contribution in [1.29, 1.82) is 0 Å². The number of furan rings is 1. The van der Waals surface area contributed by atoms with Crippen LogP contribution in [0.5, 0.6) is 5.75 Å². The predicted octanol–water partition coefficient (Wildman–Crippen LogP) is 2.92. The van der Waals surface area contributed by atoms with Gasteiger partial charge in [0.25, 0.3) is 0 Å². The highest BCUT2D eigenvalue weighted by atomic mass is 127. The van der Waals surface area contributed by atoms with Gasteiger partial charge in [0.2, 0.25) is 0 Å². The predicted molar refractivity (Wildman–Crippen MR) is 51.8 cm³/mol. The van der Waals surface area contributed by atoms with E-state index in [1.807, 2.05) is 6.07 Å². The molecule has 0 saturated heterocycles. The summed E-state index contributed by atoms with van der Waals surface area (Å²) in [6.45, 7) is 4.98. The summed E-state index contributed by atoms with van der Waals surface area (Å²) in [6, 6.07) is 1.88. The lowest BCUT2D eigenvalue weighted by Gasteiger charge is -2.04. The van der Waals surface area contributed by atoms with Crippen LogP contribution in [-0.2, 0) is 0 Å². The van der Waals surface area contributed by atoms with Crippen LogP contribution in [0, 0.1) is 9.68 Å². The van der Waals surface area contributed by atoms with Gasteiger partial charge in [0.1, 0.15) is 6.26 Å². The van der Waals surface area contributed by atoms with E-state index in [0.717, 1.165) is 16.1 Å². The van der Waals surface area contributed by atoms with Crippen molar-refractivity contribution in [2.75, 3.05) is 6.61 Å². The van der Waals surface area contributed by atoms with E-state index < -0.39 is 0 Å². The van der Waals surface area contributed by atoms with Crippen molar-refractivity contribution in [2.24, 2.45) is 5.92 Å². The average Bonchev–Trinajstić information content (AvgIpc) is 2.31. The van der Waals surface area contributed by atoms with Gasteiger partial charge in [-0.15, -0.1) is 0 Å². The first-order chi connectivity index (χ1) is 5.18. The summed E-state index contributed by atoms with van der Waals surface area (Å²) >= 11 is 2.11. The van der Waals surface area contributed by atoms with E-state index in [0.29, 0.717) is 5.92 Å². The Balaban J connectivity index is 2.39. The lowest BCUT2D eigenvalue weighted by Crippen LogP contribution is -2.03. The van der Waals surface area contributed by atoms with Gasteiger partial charge < -0.3 is 9.15 Å². The monoisotopic (exact) mass is 266 g/mol. The maximum Gasteiger partial charge on any atom is 0.167 e. The summed E-state index contributed by atoms with van der Waals surface area (Å²) in [5, 5.41) is 0. The van der Waals surface area contributed by atoms with Crippen LogP contribution in [0.1, 0.15) is 13.8 Å². The van der Waals surface area contributed by atoms with E-state index >= 15 is 0 Å². The van der Waals surface area contributed by atoms with Crippen LogP contribution >= 0.6 is 22.6 Å². The van der Waals surface area contributed by atoms with E-state index in [1.165, 1.54) is 0 Å². The van der Waals surface area contributed by atoms with Crippen molar-refractivity contribution in [2.45, 2.75) is 13.8 Å². The zero-order chi connectivity index (χ0) is 8.27. The minimum Gasteiger partial charge on any atom is -0.490 e. The molecule has 0 aliphatic rings. The molecule has 0 saturated carbocycles. The van der Waals surface area contributed by atoms with E-state index in [9.17, 15) is 0 Å². The largest absolute Gasteiger partial charge is 0.490 e. The number of halogens is 1. The Morgan fingerprint density at radius 3 is 2.82 bits per heavy atom. The van der Waals surface area contributed by atoms with E-state index in [1.54, 1.807) is 6.26 Å². The van der Waals surface area contributed by atoms with Gasteiger partial charge in [-0.25, -0.2) is 0 Å². The molecule has 1 rings (SSSR count). The Labute approximate surface area is 80.1 Å². The normalized spacial score (nSPS) is 10.5. The zero-order valence-electron chi connectivity index (χ0n) is 6.63. The average molecular weight is 266 g/mol. The summed E-state index contributed by atoms with van der Waals surface area (Å²) in [5.41, 5.74) is 0. The minimum atomic E-state index is 0.558. The molecule has 0 aliphatic heterocycles. The van der Waals surface area contributed by atoms with Gasteiger partial charge in [-0.3, -0.25) is 0 Å². The molecule has 0 bridgehead atoms. The molecule has 62 valence electrons. The van der Waals surface area contributed by atoms with Crippen molar-refractivity contribution >= 4 is 22.6 Å². The molecular weight excluding hydrogens is 255 g/mol. The van der Waals surface area contributed by atoms with E-state index in [2.05, 4.69) is 36.4 Å². The van der Waals surface area contributed by atoms with Crippen molar-refractivity contribution in [3.05, 3.63) is 16.1 Å². The molecule has 1 aromatic heterocycles. The molecule has 0 unspecified atom stereocenters. The molecule has 1 heterocycles. The molecule has 0 atom stereocenters. The smallest absolute Gasteiger partial charge is 0.167 e. The van der Waals surface area contributed by atoms with Gasteiger partial charge in [-0.1, -0.05) is 13.8 Å². The first-order valence-corrected chi connectivity index (χ1v) is 4.63.